The lowest BCUT2D eigenvalue weighted by Gasteiger charge is -2.20. The summed E-state index contributed by atoms with van der Waals surface area (Å²) in [4.78, 5) is 13.9. The van der Waals surface area contributed by atoms with Gasteiger partial charge in [0, 0.05) is 13.0 Å². The van der Waals surface area contributed by atoms with Gasteiger partial charge in [-0.3, -0.25) is 4.79 Å². The van der Waals surface area contributed by atoms with E-state index in [1.165, 1.54) is 6.92 Å². The van der Waals surface area contributed by atoms with Crippen LogP contribution in [0.15, 0.2) is 60.4 Å². The zero-order valence-corrected chi connectivity index (χ0v) is 15.2. The Bertz CT molecular complexity index is 706. The summed E-state index contributed by atoms with van der Waals surface area (Å²) in [6.45, 7) is 4.21. The average Bonchev–Trinajstić information content (AvgIpc) is 2.61. The molecule has 0 N–H and O–H groups in total. The van der Waals surface area contributed by atoms with E-state index >= 15 is 0 Å². The van der Waals surface area contributed by atoms with Crippen LogP contribution in [-0.4, -0.2) is 37.4 Å². The quantitative estimate of drug-likeness (QED) is 0.538. The Kier molecular flexibility index (Phi) is 6.78. The molecule has 0 fully saturated rings. The smallest absolute Gasteiger partial charge is 0.194 e. The predicted molar refractivity (Wildman–Crippen MR) is 101 cm³/mol. The molecule has 2 rings (SSSR count). The molecular formula is C21H25NO3. The molecule has 1 atom stereocenters. The topological polar surface area (TPSA) is 38.8 Å². The van der Waals surface area contributed by atoms with E-state index in [0.29, 0.717) is 24.2 Å². The van der Waals surface area contributed by atoms with Crippen LogP contribution in [0.25, 0.3) is 6.08 Å². The molecule has 0 heterocycles. The summed E-state index contributed by atoms with van der Waals surface area (Å²) >= 11 is 0. The molecule has 0 aromatic heterocycles. The van der Waals surface area contributed by atoms with Crippen LogP contribution in [0.3, 0.4) is 0 Å². The van der Waals surface area contributed by atoms with Crippen LogP contribution in [0.4, 0.5) is 0 Å². The van der Waals surface area contributed by atoms with Crippen LogP contribution in [0.5, 0.6) is 11.5 Å². The first-order chi connectivity index (χ1) is 12.0. The first-order valence-corrected chi connectivity index (χ1v) is 8.30. The number of carbonyl (C=O) groups is 1. The molecular weight excluding hydrogens is 314 g/mol. The number of Topliss-reactive ketones (excluding diaryl/α,β-unsaturated/α-hetero) is 1. The van der Waals surface area contributed by atoms with Crippen molar-refractivity contribution < 1.29 is 14.3 Å². The molecule has 25 heavy (non-hydrogen) atoms. The van der Waals surface area contributed by atoms with Crippen molar-refractivity contribution in [2.75, 3.05) is 20.7 Å². The first kappa shape index (κ1) is 18.7. The van der Waals surface area contributed by atoms with Gasteiger partial charge in [-0.05, 0) is 56.9 Å². The number of benzene rings is 2. The third-order valence-corrected chi connectivity index (χ3v) is 3.87. The minimum Gasteiger partial charge on any atom is -0.492 e. The largest absolute Gasteiger partial charge is 0.492 e. The van der Waals surface area contributed by atoms with E-state index in [9.17, 15) is 4.79 Å². The molecule has 0 amide bonds. The minimum atomic E-state index is -0.121. The Morgan fingerprint density at radius 1 is 1.04 bits per heavy atom. The number of likely N-dealkylation sites (N-methyl/N-ethyl adjacent to an activating group) is 1. The normalized spacial score (nSPS) is 12.8. The lowest BCUT2D eigenvalue weighted by molar-refractivity contribution is -0.115. The molecule has 0 bridgehead atoms. The maximum atomic E-state index is 11.8. The van der Waals surface area contributed by atoms with Gasteiger partial charge in [0.15, 0.2) is 11.5 Å². The third-order valence-electron chi connectivity index (χ3n) is 3.87. The minimum absolute atomic E-state index is 0.121. The van der Waals surface area contributed by atoms with Crippen LogP contribution in [-0.2, 0) is 4.79 Å². The lowest BCUT2D eigenvalue weighted by Crippen LogP contribution is -2.30. The summed E-state index contributed by atoms with van der Waals surface area (Å²) in [5.74, 6) is 1.56. The van der Waals surface area contributed by atoms with E-state index in [0.717, 1.165) is 11.3 Å². The summed E-state index contributed by atoms with van der Waals surface area (Å²) < 4.78 is 11.5. The van der Waals surface area contributed by atoms with Gasteiger partial charge >= 0.3 is 0 Å². The molecule has 2 aromatic carbocycles. The lowest BCUT2D eigenvalue weighted by atomic mass is 10.2. The van der Waals surface area contributed by atoms with Crippen LogP contribution in [0, 0.1) is 0 Å². The molecule has 0 aliphatic carbocycles. The zero-order chi connectivity index (χ0) is 18.2. The van der Waals surface area contributed by atoms with Crippen molar-refractivity contribution in [3.8, 4) is 11.5 Å². The van der Waals surface area contributed by atoms with E-state index in [1.54, 1.807) is 18.2 Å². The van der Waals surface area contributed by atoms with Crippen molar-refractivity contribution in [1.29, 1.82) is 0 Å². The Morgan fingerprint density at radius 2 is 1.64 bits per heavy atom. The number of carbonyl (C=O) groups excluding carboxylic acids is 1. The number of hydrogen-bond donors (Lipinski definition) is 0. The fourth-order valence-electron chi connectivity index (χ4n) is 2.00. The fourth-order valence-corrected chi connectivity index (χ4v) is 2.00. The Hall–Kier alpha value is -2.59. The number of hydrogen-bond acceptors (Lipinski definition) is 4. The molecule has 4 nitrogen and oxygen atoms in total. The fraction of sp³-hybridized carbons (Fsp3) is 0.286. The van der Waals surface area contributed by atoms with Crippen molar-refractivity contribution in [2.45, 2.75) is 19.9 Å². The highest BCUT2D eigenvalue weighted by Crippen LogP contribution is 2.21. The Balaban J connectivity index is 2.03. The Labute approximate surface area is 149 Å². The first-order valence-electron chi connectivity index (χ1n) is 8.30. The monoisotopic (exact) mass is 339 g/mol. The van der Waals surface area contributed by atoms with E-state index in [2.05, 4.69) is 11.8 Å². The summed E-state index contributed by atoms with van der Waals surface area (Å²) in [6, 6.07) is 17.3. The molecule has 0 aliphatic rings. The van der Waals surface area contributed by atoms with Crippen molar-refractivity contribution in [3.05, 3.63) is 65.9 Å². The molecule has 0 spiro atoms. The SMILES string of the molecule is CC(=O)/C(=C\c1ccccc1)Oc1ccc(OCC(C)N(C)C)cc1. The van der Waals surface area contributed by atoms with Crippen LogP contribution < -0.4 is 9.47 Å². The van der Waals surface area contributed by atoms with Crippen LogP contribution in [0.2, 0.25) is 0 Å². The van der Waals surface area contributed by atoms with Gasteiger partial charge in [0.1, 0.15) is 18.1 Å². The number of ketones is 1. The highest BCUT2D eigenvalue weighted by Gasteiger charge is 2.08. The van der Waals surface area contributed by atoms with Gasteiger partial charge in [-0.25, -0.2) is 0 Å². The van der Waals surface area contributed by atoms with E-state index in [1.807, 2.05) is 56.6 Å². The second-order valence-electron chi connectivity index (χ2n) is 6.17. The number of ether oxygens (including phenoxy) is 2. The van der Waals surface area contributed by atoms with Gasteiger partial charge < -0.3 is 14.4 Å². The van der Waals surface area contributed by atoms with Crippen molar-refractivity contribution in [3.63, 3.8) is 0 Å². The van der Waals surface area contributed by atoms with Crippen LogP contribution >= 0.6 is 0 Å². The molecule has 0 aliphatic heterocycles. The van der Waals surface area contributed by atoms with Gasteiger partial charge in [0.25, 0.3) is 0 Å². The molecule has 132 valence electrons. The van der Waals surface area contributed by atoms with Crippen LogP contribution in [0.1, 0.15) is 19.4 Å². The van der Waals surface area contributed by atoms with E-state index in [4.69, 9.17) is 9.47 Å². The molecule has 0 radical (unpaired) electrons. The maximum absolute atomic E-state index is 11.8. The second kappa shape index (κ2) is 9.04. The number of allylic oxidation sites excluding steroid dienone is 1. The standard InChI is InChI=1S/C21H25NO3/c1-16(22(3)4)15-24-19-10-12-20(13-11-19)25-21(17(2)23)14-18-8-6-5-7-9-18/h5-14,16H,15H2,1-4H3/b21-14+. The van der Waals surface area contributed by atoms with Crippen molar-refractivity contribution >= 4 is 11.9 Å². The summed E-state index contributed by atoms with van der Waals surface area (Å²) in [5, 5.41) is 0. The summed E-state index contributed by atoms with van der Waals surface area (Å²) in [5.41, 5.74) is 0.922. The molecule has 0 saturated carbocycles. The molecule has 0 saturated heterocycles. The van der Waals surface area contributed by atoms with Gasteiger partial charge in [-0.15, -0.1) is 0 Å². The zero-order valence-electron chi connectivity index (χ0n) is 15.2. The summed E-state index contributed by atoms with van der Waals surface area (Å²) in [6.07, 6.45) is 1.74. The van der Waals surface area contributed by atoms with E-state index in [-0.39, 0.29) is 5.78 Å². The molecule has 1 unspecified atom stereocenters. The third kappa shape index (κ3) is 6.08. The summed E-state index contributed by atoms with van der Waals surface area (Å²) in [7, 11) is 4.04. The average molecular weight is 339 g/mol. The second-order valence-corrected chi connectivity index (χ2v) is 6.17. The highest BCUT2D eigenvalue weighted by molar-refractivity contribution is 5.96. The number of rotatable bonds is 8. The van der Waals surface area contributed by atoms with Gasteiger partial charge in [0.2, 0.25) is 0 Å². The predicted octanol–water partition coefficient (Wildman–Crippen LogP) is 4.02. The van der Waals surface area contributed by atoms with Crippen molar-refractivity contribution in [1.82, 2.24) is 4.90 Å². The van der Waals surface area contributed by atoms with Crippen molar-refractivity contribution in [2.24, 2.45) is 0 Å². The molecule has 4 heteroatoms. The Morgan fingerprint density at radius 3 is 2.20 bits per heavy atom. The van der Waals surface area contributed by atoms with E-state index < -0.39 is 0 Å². The van der Waals surface area contributed by atoms with Gasteiger partial charge in [-0.2, -0.15) is 0 Å². The maximum Gasteiger partial charge on any atom is 0.194 e. The number of nitrogens with zero attached hydrogens (tertiary/aromatic N) is 1. The molecule has 2 aromatic rings. The van der Waals surface area contributed by atoms with Gasteiger partial charge in [0.05, 0.1) is 0 Å². The highest BCUT2D eigenvalue weighted by atomic mass is 16.5. The van der Waals surface area contributed by atoms with Gasteiger partial charge in [-0.1, -0.05) is 30.3 Å².